The quantitative estimate of drug-likeness (QED) is 0.876. The second-order valence-corrected chi connectivity index (χ2v) is 7.16. The van der Waals surface area contributed by atoms with Gasteiger partial charge in [-0.25, -0.2) is 0 Å². The zero-order valence-electron chi connectivity index (χ0n) is 11.9. The Morgan fingerprint density at radius 2 is 2.14 bits per heavy atom. The van der Waals surface area contributed by atoms with Gasteiger partial charge in [0.15, 0.2) is 0 Å². The molecule has 0 bridgehead atoms. The summed E-state index contributed by atoms with van der Waals surface area (Å²) >= 11 is 0. The molecule has 8 heteroatoms. The van der Waals surface area contributed by atoms with E-state index in [-0.39, 0.29) is 11.9 Å². The number of hydrogen-bond donors (Lipinski definition) is 1. The topological polar surface area (TPSA) is 82.9 Å². The van der Waals surface area contributed by atoms with Crippen molar-refractivity contribution in [2.24, 2.45) is 0 Å². The molecule has 0 aromatic carbocycles. The van der Waals surface area contributed by atoms with Gasteiger partial charge in [0.05, 0.1) is 12.3 Å². The van der Waals surface area contributed by atoms with Crippen molar-refractivity contribution in [2.75, 3.05) is 20.1 Å². The van der Waals surface area contributed by atoms with E-state index >= 15 is 0 Å². The average Bonchev–Trinajstić information content (AvgIpc) is 3.14. The van der Waals surface area contributed by atoms with Crippen LogP contribution in [0, 0.1) is 0 Å². The fourth-order valence-corrected chi connectivity index (χ4v) is 4.60. The minimum Gasteiger partial charge on any atom is -0.468 e. The number of amides is 1. The van der Waals surface area contributed by atoms with E-state index in [0.717, 1.165) is 12.8 Å². The van der Waals surface area contributed by atoms with Crippen LogP contribution in [-0.4, -0.2) is 49.7 Å². The summed E-state index contributed by atoms with van der Waals surface area (Å²) in [5.41, 5.74) is 0. The first kappa shape index (κ1) is 14.6. The third-order valence-corrected chi connectivity index (χ3v) is 5.74. The lowest BCUT2D eigenvalue weighted by atomic mass is 10.2. The summed E-state index contributed by atoms with van der Waals surface area (Å²) < 4.78 is 34.4. The fraction of sp³-hybridized carbons (Fsp3) is 0.615. The van der Waals surface area contributed by atoms with Crippen LogP contribution in [0.3, 0.4) is 0 Å². The maximum atomic E-state index is 12.5. The summed E-state index contributed by atoms with van der Waals surface area (Å²) in [5.74, 6) is 0.472. The van der Waals surface area contributed by atoms with E-state index in [4.69, 9.17) is 4.42 Å². The summed E-state index contributed by atoms with van der Waals surface area (Å²) in [6, 6.07) is 2.60. The lowest BCUT2D eigenvalue weighted by Crippen LogP contribution is -2.47. The Morgan fingerprint density at radius 3 is 2.76 bits per heavy atom. The number of carbonyl (C=O) groups is 1. The number of likely N-dealkylation sites (tertiary alicyclic amines) is 1. The molecule has 3 heterocycles. The molecular weight excluding hydrogens is 294 g/mol. The van der Waals surface area contributed by atoms with Gasteiger partial charge in [-0.15, -0.1) is 0 Å². The minimum absolute atomic E-state index is 0.174. The maximum absolute atomic E-state index is 12.5. The number of nitrogens with one attached hydrogen (secondary N) is 1. The van der Waals surface area contributed by atoms with Crippen LogP contribution in [-0.2, 0) is 15.0 Å². The van der Waals surface area contributed by atoms with Crippen molar-refractivity contribution in [1.82, 2.24) is 13.9 Å². The largest absolute Gasteiger partial charge is 0.468 e. The van der Waals surface area contributed by atoms with E-state index in [2.05, 4.69) is 4.72 Å². The average molecular weight is 313 g/mol. The van der Waals surface area contributed by atoms with Crippen LogP contribution in [0.5, 0.6) is 0 Å². The van der Waals surface area contributed by atoms with Crippen LogP contribution in [0.1, 0.15) is 31.1 Å². The van der Waals surface area contributed by atoms with Crippen molar-refractivity contribution in [3.8, 4) is 0 Å². The molecule has 2 aliphatic rings. The molecular formula is C13H19N3O4S. The summed E-state index contributed by atoms with van der Waals surface area (Å²) in [6.07, 6.45) is 3.56. The lowest BCUT2D eigenvalue weighted by molar-refractivity contribution is -0.127. The van der Waals surface area contributed by atoms with Gasteiger partial charge in [0, 0.05) is 20.1 Å². The molecule has 0 saturated carbocycles. The minimum atomic E-state index is -3.70. The van der Waals surface area contributed by atoms with E-state index in [1.54, 1.807) is 30.3 Å². The van der Waals surface area contributed by atoms with Crippen molar-refractivity contribution in [1.29, 1.82) is 0 Å². The highest BCUT2D eigenvalue weighted by Gasteiger charge is 2.40. The van der Waals surface area contributed by atoms with E-state index in [1.807, 2.05) is 0 Å². The van der Waals surface area contributed by atoms with Crippen LogP contribution in [0.4, 0.5) is 0 Å². The molecule has 7 nitrogen and oxygen atoms in total. The SMILES string of the molecule is CN1CC[C@@H](NS(=O)(=O)N2CCC[C@@H]2c2ccco2)C1=O. The molecule has 21 heavy (non-hydrogen) atoms. The second-order valence-electron chi connectivity index (χ2n) is 5.51. The monoisotopic (exact) mass is 313 g/mol. The number of furan rings is 1. The molecule has 0 aliphatic carbocycles. The first-order valence-corrected chi connectivity index (χ1v) is 8.50. The zero-order chi connectivity index (χ0) is 15.0. The predicted octanol–water partition coefficient (Wildman–Crippen LogP) is 0.482. The number of carbonyl (C=O) groups excluding carboxylic acids is 1. The molecule has 1 amide bonds. The first-order chi connectivity index (χ1) is 9.99. The lowest BCUT2D eigenvalue weighted by Gasteiger charge is -2.24. The summed E-state index contributed by atoms with van der Waals surface area (Å²) in [7, 11) is -2.02. The second kappa shape index (κ2) is 5.43. The van der Waals surface area contributed by atoms with Crippen LogP contribution in [0.25, 0.3) is 0 Å². The Labute approximate surface area is 124 Å². The van der Waals surface area contributed by atoms with Gasteiger partial charge in [-0.1, -0.05) is 0 Å². The zero-order valence-corrected chi connectivity index (χ0v) is 12.7. The Morgan fingerprint density at radius 1 is 1.33 bits per heavy atom. The summed E-state index contributed by atoms with van der Waals surface area (Å²) in [5, 5.41) is 0. The van der Waals surface area contributed by atoms with Gasteiger partial charge in [0.1, 0.15) is 11.8 Å². The molecule has 1 aromatic rings. The third kappa shape index (κ3) is 2.70. The number of hydrogen-bond acceptors (Lipinski definition) is 4. The molecule has 2 aliphatic heterocycles. The molecule has 3 rings (SSSR count). The van der Waals surface area contributed by atoms with Crippen molar-refractivity contribution in [2.45, 2.75) is 31.3 Å². The van der Waals surface area contributed by atoms with E-state index in [0.29, 0.717) is 25.3 Å². The van der Waals surface area contributed by atoms with Gasteiger partial charge < -0.3 is 9.32 Å². The number of nitrogens with zero attached hydrogens (tertiary/aromatic N) is 2. The summed E-state index contributed by atoms with van der Waals surface area (Å²) in [4.78, 5) is 13.4. The summed E-state index contributed by atoms with van der Waals surface area (Å²) in [6.45, 7) is 1.02. The van der Waals surface area contributed by atoms with Crippen molar-refractivity contribution in [3.05, 3.63) is 24.2 Å². The van der Waals surface area contributed by atoms with Crippen LogP contribution in [0.15, 0.2) is 22.8 Å². The number of rotatable bonds is 4. The van der Waals surface area contributed by atoms with Crippen molar-refractivity contribution in [3.63, 3.8) is 0 Å². The Kier molecular flexibility index (Phi) is 3.76. The molecule has 1 N–H and O–H groups in total. The number of likely N-dealkylation sites (N-methyl/N-ethyl adjacent to an activating group) is 1. The predicted molar refractivity (Wildman–Crippen MR) is 75.5 cm³/mol. The molecule has 116 valence electrons. The molecule has 2 atom stereocenters. The van der Waals surface area contributed by atoms with E-state index < -0.39 is 16.3 Å². The Bertz CT molecular complexity index is 613. The highest BCUT2D eigenvalue weighted by atomic mass is 32.2. The molecule has 2 saturated heterocycles. The molecule has 0 radical (unpaired) electrons. The van der Waals surface area contributed by atoms with Gasteiger partial charge in [-0.3, -0.25) is 4.79 Å². The normalized spacial score (nSPS) is 27.7. The van der Waals surface area contributed by atoms with Gasteiger partial charge in [0.2, 0.25) is 5.91 Å². The molecule has 0 spiro atoms. The van der Waals surface area contributed by atoms with Crippen LogP contribution in [0.2, 0.25) is 0 Å². The van der Waals surface area contributed by atoms with Crippen LogP contribution < -0.4 is 4.72 Å². The Hall–Kier alpha value is -1.38. The molecule has 1 aromatic heterocycles. The first-order valence-electron chi connectivity index (χ1n) is 7.06. The van der Waals surface area contributed by atoms with Gasteiger partial charge in [-0.2, -0.15) is 17.4 Å². The smallest absolute Gasteiger partial charge is 0.280 e. The van der Waals surface area contributed by atoms with Crippen molar-refractivity contribution >= 4 is 16.1 Å². The van der Waals surface area contributed by atoms with Gasteiger partial charge >= 0.3 is 0 Å². The Balaban J connectivity index is 1.76. The highest BCUT2D eigenvalue weighted by molar-refractivity contribution is 7.87. The van der Waals surface area contributed by atoms with Gasteiger partial charge in [0.25, 0.3) is 10.2 Å². The molecule has 2 fully saturated rings. The third-order valence-electron chi connectivity index (χ3n) is 4.10. The van der Waals surface area contributed by atoms with E-state index in [9.17, 15) is 13.2 Å². The fourth-order valence-electron chi connectivity index (χ4n) is 2.97. The van der Waals surface area contributed by atoms with Gasteiger partial charge in [-0.05, 0) is 31.4 Å². The van der Waals surface area contributed by atoms with Crippen LogP contribution >= 0.6 is 0 Å². The van der Waals surface area contributed by atoms with E-state index in [1.165, 1.54) is 4.31 Å². The highest BCUT2D eigenvalue weighted by Crippen LogP contribution is 2.34. The standard InChI is InChI=1S/C13H19N3O4S/c1-15-8-6-10(13(15)17)14-21(18,19)16-7-2-4-11(16)12-5-3-9-20-12/h3,5,9-11,14H,2,4,6-8H2,1H3/t10-,11-/m1/s1. The van der Waals surface area contributed by atoms with Crippen molar-refractivity contribution < 1.29 is 17.6 Å². The maximum Gasteiger partial charge on any atom is 0.280 e. The molecule has 0 unspecified atom stereocenters.